The molecule has 1 aliphatic heterocycles. The van der Waals surface area contributed by atoms with Gasteiger partial charge in [0.05, 0.1) is 0 Å². The van der Waals surface area contributed by atoms with Crippen molar-refractivity contribution in [1.29, 1.82) is 0 Å². The second-order valence-corrected chi connectivity index (χ2v) is 5.51. The summed E-state index contributed by atoms with van der Waals surface area (Å²) in [5.41, 5.74) is -0.612. The van der Waals surface area contributed by atoms with Crippen LogP contribution in [0.15, 0.2) is 12.2 Å². The van der Waals surface area contributed by atoms with Crippen LogP contribution in [0.1, 0.15) is 34.1 Å². The Morgan fingerprint density at radius 3 is 2.44 bits per heavy atom. The first kappa shape index (κ1) is 14.5. The Hall–Kier alpha value is -1.52. The highest BCUT2D eigenvalue weighted by atomic mass is 16.6. The zero-order chi connectivity index (χ0) is 13.9. The quantitative estimate of drug-likeness (QED) is 0.769. The SMILES string of the molecule is C/C=C\[C@@H]1C[C@H](C(=O)O)N(C(=O)OC(C)(C)C)C1. The number of carboxylic acid groups (broad SMARTS) is 1. The second kappa shape index (κ2) is 5.42. The van der Waals surface area contributed by atoms with Crippen molar-refractivity contribution in [3.8, 4) is 0 Å². The highest BCUT2D eigenvalue weighted by Crippen LogP contribution is 2.26. The van der Waals surface area contributed by atoms with E-state index in [4.69, 9.17) is 9.84 Å². The molecule has 0 radical (unpaired) electrons. The van der Waals surface area contributed by atoms with Gasteiger partial charge in [-0.25, -0.2) is 9.59 Å². The van der Waals surface area contributed by atoms with Crippen LogP contribution in [0, 0.1) is 5.92 Å². The molecule has 0 saturated carbocycles. The predicted octanol–water partition coefficient (Wildman–Crippen LogP) is 2.27. The van der Waals surface area contributed by atoms with Gasteiger partial charge in [0.15, 0.2) is 0 Å². The number of nitrogens with zero attached hydrogens (tertiary/aromatic N) is 1. The minimum atomic E-state index is -0.979. The summed E-state index contributed by atoms with van der Waals surface area (Å²) in [6.45, 7) is 7.57. The Bertz CT molecular complexity index is 356. The van der Waals surface area contributed by atoms with E-state index in [9.17, 15) is 9.59 Å². The van der Waals surface area contributed by atoms with Crippen LogP contribution in [-0.4, -0.2) is 40.3 Å². The molecule has 2 atom stereocenters. The monoisotopic (exact) mass is 255 g/mol. The van der Waals surface area contributed by atoms with Crippen LogP contribution < -0.4 is 0 Å². The van der Waals surface area contributed by atoms with Crippen molar-refractivity contribution in [2.45, 2.75) is 45.8 Å². The molecule has 1 fully saturated rings. The second-order valence-electron chi connectivity index (χ2n) is 5.51. The number of likely N-dealkylation sites (tertiary alicyclic amines) is 1. The number of hydrogen-bond acceptors (Lipinski definition) is 3. The Kier molecular flexibility index (Phi) is 4.38. The lowest BCUT2D eigenvalue weighted by Crippen LogP contribution is -2.43. The smallest absolute Gasteiger partial charge is 0.411 e. The van der Waals surface area contributed by atoms with Crippen LogP contribution in [0.4, 0.5) is 4.79 Å². The third-order valence-electron chi connectivity index (χ3n) is 2.71. The Balaban J connectivity index is 2.78. The van der Waals surface area contributed by atoms with Gasteiger partial charge in [-0.15, -0.1) is 0 Å². The van der Waals surface area contributed by atoms with E-state index in [0.29, 0.717) is 13.0 Å². The van der Waals surface area contributed by atoms with E-state index >= 15 is 0 Å². The molecule has 1 heterocycles. The molecule has 1 amide bonds. The van der Waals surface area contributed by atoms with Gasteiger partial charge in [0.2, 0.25) is 0 Å². The largest absolute Gasteiger partial charge is 0.480 e. The van der Waals surface area contributed by atoms with E-state index < -0.39 is 23.7 Å². The number of aliphatic carboxylic acids is 1. The van der Waals surface area contributed by atoms with Crippen LogP contribution in [0.25, 0.3) is 0 Å². The van der Waals surface area contributed by atoms with Crippen molar-refractivity contribution in [2.24, 2.45) is 5.92 Å². The third kappa shape index (κ3) is 3.75. The lowest BCUT2D eigenvalue weighted by atomic mass is 10.1. The average Bonchev–Trinajstić information content (AvgIpc) is 2.59. The average molecular weight is 255 g/mol. The number of carbonyl (C=O) groups excluding carboxylic acids is 1. The summed E-state index contributed by atoms with van der Waals surface area (Å²) in [5.74, 6) is -0.892. The van der Waals surface area contributed by atoms with Gasteiger partial charge in [-0.05, 0) is 40.0 Å². The molecule has 0 bridgehead atoms. The molecular formula is C13H21NO4. The molecular weight excluding hydrogens is 234 g/mol. The van der Waals surface area contributed by atoms with Crippen LogP contribution in [0.3, 0.4) is 0 Å². The molecule has 0 aromatic heterocycles. The van der Waals surface area contributed by atoms with E-state index in [0.717, 1.165) is 0 Å². The topological polar surface area (TPSA) is 66.8 Å². The summed E-state index contributed by atoms with van der Waals surface area (Å²) in [5, 5.41) is 9.14. The van der Waals surface area contributed by atoms with Gasteiger partial charge >= 0.3 is 12.1 Å². The van der Waals surface area contributed by atoms with E-state index in [1.807, 2.05) is 19.1 Å². The first-order valence-electron chi connectivity index (χ1n) is 6.10. The summed E-state index contributed by atoms with van der Waals surface area (Å²) >= 11 is 0. The van der Waals surface area contributed by atoms with E-state index in [2.05, 4.69) is 0 Å². The van der Waals surface area contributed by atoms with Crippen molar-refractivity contribution >= 4 is 12.1 Å². The highest BCUT2D eigenvalue weighted by molar-refractivity contribution is 5.81. The normalized spacial score (nSPS) is 24.6. The van der Waals surface area contributed by atoms with Gasteiger partial charge < -0.3 is 9.84 Å². The fourth-order valence-electron chi connectivity index (χ4n) is 2.04. The van der Waals surface area contributed by atoms with Crippen LogP contribution in [0.2, 0.25) is 0 Å². The molecule has 1 rings (SSSR count). The minimum absolute atomic E-state index is 0.0867. The molecule has 0 aliphatic carbocycles. The van der Waals surface area contributed by atoms with E-state index in [1.165, 1.54) is 4.90 Å². The molecule has 1 aliphatic rings. The third-order valence-corrected chi connectivity index (χ3v) is 2.71. The standard InChI is InChI=1S/C13H21NO4/c1-5-6-9-7-10(11(15)16)14(8-9)12(17)18-13(2,3)4/h5-6,9-10H,7-8H2,1-4H3,(H,15,16)/b6-5-/t9-,10-/m1/s1. The number of amides is 1. The number of carboxylic acids is 1. The fraction of sp³-hybridized carbons (Fsp3) is 0.692. The lowest BCUT2D eigenvalue weighted by molar-refractivity contribution is -0.142. The van der Waals surface area contributed by atoms with Crippen molar-refractivity contribution in [2.75, 3.05) is 6.54 Å². The van der Waals surface area contributed by atoms with Gasteiger partial charge in [-0.1, -0.05) is 12.2 Å². The summed E-state index contributed by atoms with van der Waals surface area (Å²) in [4.78, 5) is 24.4. The summed E-state index contributed by atoms with van der Waals surface area (Å²) < 4.78 is 5.23. The highest BCUT2D eigenvalue weighted by Gasteiger charge is 2.40. The zero-order valence-electron chi connectivity index (χ0n) is 11.3. The predicted molar refractivity (Wildman–Crippen MR) is 67.3 cm³/mol. The molecule has 5 heteroatoms. The van der Waals surface area contributed by atoms with Crippen molar-refractivity contribution in [3.63, 3.8) is 0 Å². The molecule has 0 unspecified atom stereocenters. The van der Waals surface area contributed by atoms with Crippen LogP contribution in [0.5, 0.6) is 0 Å². The molecule has 0 spiro atoms. The Morgan fingerprint density at radius 1 is 1.39 bits per heavy atom. The number of allylic oxidation sites excluding steroid dienone is 1. The molecule has 5 nitrogen and oxygen atoms in total. The van der Waals surface area contributed by atoms with E-state index in [1.54, 1.807) is 20.8 Å². The number of rotatable bonds is 2. The van der Waals surface area contributed by atoms with Gasteiger partial charge in [0.25, 0.3) is 0 Å². The summed E-state index contributed by atoms with van der Waals surface area (Å²) in [6.07, 6.45) is 3.70. The maximum atomic E-state index is 11.9. The summed E-state index contributed by atoms with van der Waals surface area (Å²) in [6, 6.07) is -0.791. The minimum Gasteiger partial charge on any atom is -0.480 e. The van der Waals surface area contributed by atoms with Gasteiger partial charge in [-0.3, -0.25) is 4.90 Å². The fourth-order valence-corrected chi connectivity index (χ4v) is 2.04. The first-order valence-corrected chi connectivity index (χ1v) is 6.10. The molecule has 1 saturated heterocycles. The molecule has 1 N–H and O–H groups in total. The van der Waals surface area contributed by atoms with Crippen molar-refractivity contribution < 1.29 is 19.4 Å². The summed E-state index contributed by atoms with van der Waals surface area (Å²) in [7, 11) is 0. The molecule has 18 heavy (non-hydrogen) atoms. The van der Waals surface area contributed by atoms with E-state index in [-0.39, 0.29) is 5.92 Å². The molecule has 0 aromatic carbocycles. The van der Waals surface area contributed by atoms with Crippen molar-refractivity contribution in [3.05, 3.63) is 12.2 Å². The van der Waals surface area contributed by atoms with Crippen molar-refractivity contribution in [1.82, 2.24) is 4.90 Å². The van der Waals surface area contributed by atoms with Gasteiger partial charge in [0, 0.05) is 6.54 Å². The first-order chi connectivity index (χ1) is 8.24. The number of hydrogen-bond donors (Lipinski definition) is 1. The lowest BCUT2D eigenvalue weighted by Gasteiger charge is -2.26. The van der Waals surface area contributed by atoms with Gasteiger partial charge in [0.1, 0.15) is 11.6 Å². The maximum absolute atomic E-state index is 11.9. The Labute approximate surface area is 107 Å². The van der Waals surface area contributed by atoms with Crippen LogP contribution >= 0.6 is 0 Å². The maximum Gasteiger partial charge on any atom is 0.411 e. The number of ether oxygens (including phenoxy) is 1. The Morgan fingerprint density at radius 2 is 2.00 bits per heavy atom. The van der Waals surface area contributed by atoms with Crippen LogP contribution in [-0.2, 0) is 9.53 Å². The molecule has 102 valence electrons. The van der Waals surface area contributed by atoms with Gasteiger partial charge in [-0.2, -0.15) is 0 Å². The molecule has 0 aromatic rings. The number of carbonyl (C=O) groups is 2. The zero-order valence-corrected chi connectivity index (χ0v) is 11.3.